The van der Waals surface area contributed by atoms with Crippen LogP contribution in [0.2, 0.25) is 0 Å². The molecule has 6 rings (SSSR count). The summed E-state index contributed by atoms with van der Waals surface area (Å²) in [4.78, 5) is 4.35. The minimum atomic E-state index is -0.115. The lowest BCUT2D eigenvalue weighted by Crippen LogP contribution is -2.50. The number of rotatable bonds is 7. The van der Waals surface area contributed by atoms with E-state index in [2.05, 4.69) is 119 Å². The Kier molecular flexibility index (Phi) is 8.35. The average molecular weight is 581 g/mol. The van der Waals surface area contributed by atoms with Crippen molar-refractivity contribution in [3.05, 3.63) is 77.4 Å². The third-order valence-corrected chi connectivity index (χ3v) is 12.9. The molecule has 0 unspecified atom stereocenters. The van der Waals surface area contributed by atoms with Crippen LogP contribution in [0.3, 0.4) is 0 Å². The van der Waals surface area contributed by atoms with Crippen molar-refractivity contribution in [2.24, 2.45) is 40.4 Å². The van der Waals surface area contributed by atoms with Gasteiger partial charge in [-0.1, -0.05) is 62.8 Å². The van der Waals surface area contributed by atoms with Crippen LogP contribution in [0.4, 0.5) is 11.4 Å². The van der Waals surface area contributed by atoms with Crippen LogP contribution in [0, 0.1) is 40.4 Å². The highest BCUT2D eigenvalue weighted by molar-refractivity contribution is 5.81. The first kappa shape index (κ1) is 30.5. The summed E-state index contributed by atoms with van der Waals surface area (Å²) in [5, 5.41) is 10.4. The SMILES string of the molecule is C[C@H](CC=C(c1ccc(N(C)C)cc1)c1ccc(N(C)C)cc1)[C@@H]1CC[C@@H]2[C@H]3CC=C4C[C@@H](O)CC[C@]4(C)[C@@H]3CC[C@@]21C. The van der Waals surface area contributed by atoms with Crippen molar-refractivity contribution in [2.45, 2.75) is 84.7 Å². The van der Waals surface area contributed by atoms with Gasteiger partial charge >= 0.3 is 0 Å². The van der Waals surface area contributed by atoms with Gasteiger partial charge in [0.2, 0.25) is 0 Å². The molecule has 3 heteroatoms. The average Bonchev–Trinajstić information content (AvgIpc) is 3.35. The number of nitrogens with zero attached hydrogens (tertiary/aromatic N) is 2. The molecule has 4 aliphatic carbocycles. The van der Waals surface area contributed by atoms with Gasteiger partial charge in [0.25, 0.3) is 0 Å². The van der Waals surface area contributed by atoms with Gasteiger partial charge < -0.3 is 14.9 Å². The fourth-order valence-electron chi connectivity index (χ4n) is 10.4. The van der Waals surface area contributed by atoms with E-state index in [1.165, 1.54) is 66.6 Å². The first-order valence-electron chi connectivity index (χ1n) is 17.1. The van der Waals surface area contributed by atoms with Gasteiger partial charge in [0.15, 0.2) is 0 Å². The molecule has 0 radical (unpaired) electrons. The summed E-state index contributed by atoms with van der Waals surface area (Å²) >= 11 is 0. The molecule has 0 heterocycles. The third-order valence-electron chi connectivity index (χ3n) is 12.9. The van der Waals surface area contributed by atoms with Crippen LogP contribution >= 0.6 is 0 Å². The van der Waals surface area contributed by atoms with Crippen LogP contribution in [-0.4, -0.2) is 39.4 Å². The molecule has 43 heavy (non-hydrogen) atoms. The summed E-state index contributed by atoms with van der Waals surface area (Å²) in [6, 6.07) is 18.2. The number of hydrogen-bond donors (Lipinski definition) is 1. The van der Waals surface area contributed by atoms with Crippen LogP contribution in [0.5, 0.6) is 0 Å². The van der Waals surface area contributed by atoms with Crippen LogP contribution < -0.4 is 9.80 Å². The van der Waals surface area contributed by atoms with Crippen molar-refractivity contribution in [1.29, 1.82) is 0 Å². The van der Waals surface area contributed by atoms with E-state index in [1.807, 2.05) is 0 Å². The van der Waals surface area contributed by atoms with Crippen molar-refractivity contribution in [2.75, 3.05) is 38.0 Å². The van der Waals surface area contributed by atoms with Gasteiger partial charge in [-0.25, -0.2) is 0 Å². The molecule has 0 amide bonds. The monoisotopic (exact) mass is 580 g/mol. The van der Waals surface area contributed by atoms with E-state index in [4.69, 9.17) is 0 Å². The standard InChI is InChI=1S/C40H56N2O/c1-27(8-18-34(28-9-14-31(15-10-28)41(4)5)29-11-16-32(17-12-29)42(6)7)36-20-21-37-35-19-13-30-26-33(43)22-24-39(30,2)38(35)23-25-40(36,37)3/h9-18,27,33,35-38,43H,8,19-26H2,1-7H3/t27-,33+,35-,36+,37-,38-,39+,40-/m1/s1. The van der Waals surface area contributed by atoms with E-state index >= 15 is 0 Å². The molecule has 0 aromatic heterocycles. The summed E-state index contributed by atoms with van der Waals surface area (Å²) in [6.45, 7) is 7.78. The van der Waals surface area contributed by atoms with E-state index in [0.29, 0.717) is 16.7 Å². The minimum absolute atomic E-state index is 0.115. The second-order valence-electron chi connectivity index (χ2n) is 15.6. The van der Waals surface area contributed by atoms with E-state index in [1.54, 1.807) is 5.57 Å². The number of hydrogen-bond acceptors (Lipinski definition) is 3. The summed E-state index contributed by atoms with van der Waals surface area (Å²) in [6.07, 6.45) is 16.1. The van der Waals surface area contributed by atoms with Crippen LogP contribution in [0.25, 0.3) is 5.57 Å². The van der Waals surface area contributed by atoms with Gasteiger partial charge in [-0.15, -0.1) is 0 Å². The zero-order valence-electron chi connectivity index (χ0n) is 27.9. The highest BCUT2D eigenvalue weighted by Crippen LogP contribution is 2.67. The highest BCUT2D eigenvalue weighted by atomic mass is 16.3. The molecule has 0 bridgehead atoms. The van der Waals surface area contributed by atoms with E-state index in [9.17, 15) is 5.11 Å². The number of aliphatic hydroxyl groups excluding tert-OH is 1. The Bertz CT molecular complexity index is 1280. The van der Waals surface area contributed by atoms with Crippen molar-refractivity contribution in [3.8, 4) is 0 Å². The number of aliphatic hydroxyl groups is 1. The number of benzene rings is 2. The lowest BCUT2D eigenvalue weighted by atomic mass is 9.47. The normalized spacial score (nSPS) is 33.9. The highest BCUT2D eigenvalue weighted by Gasteiger charge is 2.59. The van der Waals surface area contributed by atoms with Crippen molar-refractivity contribution < 1.29 is 5.11 Å². The summed E-state index contributed by atoms with van der Waals surface area (Å²) in [7, 11) is 8.44. The molecule has 2 aromatic carbocycles. The van der Waals surface area contributed by atoms with Crippen LogP contribution in [0.1, 0.15) is 89.7 Å². The largest absolute Gasteiger partial charge is 0.393 e. The van der Waals surface area contributed by atoms with Gasteiger partial charge in [0, 0.05) is 39.6 Å². The van der Waals surface area contributed by atoms with Gasteiger partial charge in [-0.2, -0.15) is 0 Å². The van der Waals surface area contributed by atoms with Crippen LogP contribution in [-0.2, 0) is 0 Å². The van der Waals surface area contributed by atoms with Gasteiger partial charge in [-0.3, -0.25) is 0 Å². The van der Waals surface area contributed by atoms with E-state index < -0.39 is 0 Å². The molecule has 3 fully saturated rings. The number of fused-ring (bicyclic) bond motifs is 5. The van der Waals surface area contributed by atoms with Crippen molar-refractivity contribution >= 4 is 16.9 Å². The van der Waals surface area contributed by atoms with E-state index in [-0.39, 0.29) is 6.10 Å². The van der Waals surface area contributed by atoms with Crippen LogP contribution in [0.15, 0.2) is 66.3 Å². The summed E-state index contributed by atoms with van der Waals surface area (Å²) in [5.74, 6) is 3.94. The fourth-order valence-corrected chi connectivity index (χ4v) is 10.4. The Labute approximate surface area is 262 Å². The molecule has 0 saturated heterocycles. The maximum absolute atomic E-state index is 10.4. The molecule has 3 saturated carbocycles. The molecule has 2 aromatic rings. The Morgan fingerprint density at radius 3 is 2.02 bits per heavy atom. The Balaban J connectivity index is 1.24. The molecular weight excluding hydrogens is 524 g/mol. The molecule has 232 valence electrons. The second-order valence-corrected chi connectivity index (χ2v) is 15.6. The number of allylic oxidation sites excluding steroid dienone is 2. The molecule has 0 spiro atoms. The van der Waals surface area contributed by atoms with Crippen molar-refractivity contribution in [1.82, 2.24) is 0 Å². The lowest BCUT2D eigenvalue weighted by Gasteiger charge is -2.58. The van der Waals surface area contributed by atoms with Gasteiger partial charge in [-0.05, 0) is 139 Å². The maximum Gasteiger partial charge on any atom is 0.0577 e. The first-order chi connectivity index (χ1) is 20.5. The topological polar surface area (TPSA) is 26.7 Å². The molecule has 1 N–H and O–H groups in total. The zero-order chi connectivity index (χ0) is 30.5. The second kappa shape index (κ2) is 11.8. The molecule has 8 atom stereocenters. The summed E-state index contributed by atoms with van der Waals surface area (Å²) in [5.41, 5.74) is 8.83. The maximum atomic E-state index is 10.4. The Morgan fingerprint density at radius 1 is 0.837 bits per heavy atom. The van der Waals surface area contributed by atoms with Gasteiger partial charge in [0.1, 0.15) is 0 Å². The third kappa shape index (κ3) is 5.49. The molecule has 4 aliphatic rings. The predicted octanol–water partition coefficient (Wildman–Crippen LogP) is 9.22. The van der Waals surface area contributed by atoms with E-state index in [0.717, 1.165) is 42.9 Å². The van der Waals surface area contributed by atoms with Crippen molar-refractivity contribution in [3.63, 3.8) is 0 Å². The molecule has 3 nitrogen and oxygen atoms in total. The lowest BCUT2D eigenvalue weighted by molar-refractivity contribution is -0.0565. The first-order valence-corrected chi connectivity index (χ1v) is 17.1. The number of anilines is 2. The Hall–Kier alpha value is -2.52. The quantitative estimate of drug-likeness (QED) is 0.331. The fraction of sp³-hybridized carbons (Fsp3) is 0.600. The Morgan fingerprint density at radius 2 is 1.44 bits per heavy atom. The van der Waals surface area contributed by atoms with Gasteiger partial charge in [0.05, 0.1) is 6.10 Å². The summed E-state index contributed by atoms with van der Waals surface area (Å²) < 4.78 is 0. The smallest absolute Gasteiger partial charge is 0.0577 e. The molecular formula is C40H56N2O. The minimum Gasteiger partial charge on any atom is -0.393 e. The predicted molar refractivity (Wildman–Crippen MR) is 184 cm³/mol. The molecule has 0 aliphatic heterocycles. The zero-order valence-corrected chi connectivity index (χ0v) is 27.9.